The predicted octanol–water partition coefficient (Wildman–Crippen LogP) is 10.6. The van der Waals surface area contributed by atoms with E-state index in [1.807, 2.05) is 60.7 Å². The number of anilines is 2. The summed E-state index contributed by atoms with van der Waals surface area (Å²) in [5.74, 6) is 0. The van der Waals surface area contributed by atoms with E-state index in [0.29, 0.717) is 22.3 Å². The molecule has 5 heterocycles. The maximum absolute atomic E-state index is 13.4. The number of aryl methyl sites for hydroxylation is 3. The topological polar surface area (TPSA) is 81.7 Å². The van der Waals surface area contributed by atoms with Crippen LogP contribution in [0.15, 0.2) is 128 Å². The predicted molar refractivity (Wildman–Crippen MR) is 239 cm³/mol. The van der Waals surface area contributed by atoms with Gasteiger partial charge in [-0.25, -0.2) is 9.59 Å². The number of hydrogen-bond acceptors (Lipinski definition) is 6. The molecule has 9 nitrogen and oxygen atoms in total. The van der Waals surface area contributed by atoms with Gasteiger partial charge in [0.05, 0.1) is 44.6 Å². The van der Waals surface area contributed by atoms with Crippen molar-refractivity contribution < 1.29 is 8.83 Å². The lowest BCUT2D eigenvalue weighted by molar-refractivity contribution is 0.563. The second-order valence-corrected chi connectivity index (χ2v) is 15.0. The molecule has 0 radical (unpaired) electrons. The molecule has 0 atom stereocenters. The van der Waals surface area contributed by atoms with Crippen molar-refractivity contribution in [3.63, 3.8) is 0 Å². The van der Waals surface area contributed by atoms with E-state index in [-0.39, 0.29) is 11.3 Å². The Morgan fingerprint density at radius 1 is 0.466 bits per heavy atom. The molecule has 0 N–H and O–H groups in total. The molecule has 0 saturated heterocycles. The molecular formula is C49H47N5O4. The molecule has 4 aromatic carbocycles. The zero-order valence-electron chi connectivity index (χ0n) is 34.1. The van der Waals surface area contributed by atoms with E-state index >= 15 is 0 Å². The third kappa shape index (κ3) is 5.92. The quantitative estimate of drug-likeness (QED) is 0.129. The van der Waals surface area contributed by atoms with Gasteiger partial charge < -0.3 is 32.3 Å². The SMILES string of the molecule is CCN(CC)c1ccc2cc(-c3ccc(-c4cc5c(c6c(cc(-c7cccc(-c8cc9ccc(N(CC)CC)cc9oc8=O)c7)n6C)n5C)n4C)cc3)c(=O)oc2c1. The van der Waals surface area contributed by atoms with E-state index < -0.39 is 0 Å². The van der Waals surface area contributed by atoms with Gasteiger partial charge in [-0.05, 0) is 105 Å². The number of nitrogens with zero attached hydrogens (tertiary/aromatic N) is 5. The van der Waals surface area contributed by atoms with E-state index in [9.17, 15) is 9.59 Å². The molecule has 9 aromatic rings. The van der Waals surface area contributed by atoms with Crippen LogP contribution in [0, 0.1) is 0 Å². The minimum Gasteiger partial charge on any atom is -0.422 e. The van der Waals surface area contributed by atoms with Crippen molar-refractivity contribution in [3.8, 4) is 44.8 Å². The summed E-state index contributed by atoms with van der Waals surface area (Å²) < 4.78 is 18.5. The molecule has 9 heteroatoms. The third-order valence-corrected chi connectivity index (χ3v) is 12.0. The van der Waals surface area contributed by atoms with Gasteiger partial charge in [-0.3, -0.25) is 0 Å². The maximum atomic E-state index is 13.4. The lowest BCUT2D eigenvalue weighted by Crippen LogP contribution is -2.21. The number of hydrogen-bond donors (Lipinski definition) is 0. The van der Waals surface area contributed by atoms with E-state index in [4.69, 9.17) is 8.83 Å². The first kappa shape index (κ1) is 36.9. The Morgan fingerprint density at radius 2 is 0.914 bits per heavy atom. The largest absolute Gasteiger partial charge is 0.422 e. The molecule has 0 saturated carbocycles. The molecule has 0 bridgehead atoms. The molecule has 292 valence electrons. The highest BCUT2D eigenvalue weighted by atomic mass is 16.4. The first-order chi connectivity index (χ1) is 28.1. The summed E-state index contributed by atoms with van der Waals surface area (Å²) in [5.41, 5.74) is 13.9. The first-order valence-corrected chi connectivity index (χ1v) is 20.1. The molecule has 0 spiro atoms. The number of rotatable bonds is 10. The highest BCUT2D eigenvalue weighted by molar-refractivity contribution is 6.08. The number of aromatic nitrogens is 3. The van der Waals surface area contributed by atoms with Crippen molar-refractivity contribution in [2.75, 3.05) is 36.0 Å². The lowest BCUT2D eigenvalue weighted by Gasteiger charge is -2.21. The van der Waals surface area contributed by atoms with Gasteiger partial charge in [0.2, 0.25) is 0 Å². The fourth-order valence-electron chi connectivity index (χ4n) is 8.77. The fourth-order valence-corrected chi connectivity index (χ4v) is 8.77. The maximum Gasteiger partial charge on any atom is 0.344 e. The van der Waals surface area contributed by atoms with Crippen LogP contribution in [0.1, 0.15) is 27.7 Å². The van der Waals surface area contributed by atoms with Crippen LogP contribution in [0.5, 0.6) is 0 Å². The zero-order valence-corrected chi connectivity index (χ0v) is 34.1. The van der Waals surface area contributed by atoms with Gasteiger partial charge in [0, 0.05) is 81.6 Å². The fraction of sp³-hybridized carbons (Fsp3) is 0.224. The van der Waals surface area contributed by atoms with Crippen molar-refractivity contribution in [2.45, 2.75) is 27.7 Å². The normalized spacial score (nSPS) is 11.8. The van der Waals surface area contributed by atoms with Crippen LogP contribution in [-0.4, -0.2) is 39.9 Å². The van der Waals surface area contributed by atoms with Gasteiger partial charge in [0.1, 0.15) is 11.2 Å². The average Bonchev–Trinajstić information content (AvgIpc) is 3.85. The summed E-state index contributed by atoms with van der Waals surface area (Å²) in [6, 6.07) is 36.7. The average molecular weight is 770 g/mol. The number of fused-ring (bicyclic) bond motifs is 5. The summed E-state index contributed by atoms with van der Waals surface area (Å²) in [4.78, 5) is 31.1. The van der Waals surface area contributed by atoms with Crippen molar-refractivity contribution in [1.82, 2.24) is 13.7 Å². The third-order valence-electron chi connectivity index (χ3n) is 12.0. The van der Waals surface area contributed by atoms with Gasteiger partial charge in [-0.1, -0.05) is 42.5 Å². The molecule has 5 aromatic heterocycles. The molecule has 58 heavy (non-hydrogen) atoms. The number of benzene rings is 4. The Bertz CT molecular complexity index is 3150. The highest BCUT2D eigenvalue weighted by Crippen LogP contribution is 2.39. The van der Waals surface area contributed by atoms with E-state index in [2.05, 4.69) is 121 Å². The standard InChI is InChI=1S/C49H47N5O4/c1-8-53(9-2)36-21-19-34-24-38(48(55)57-44(34)26-36)30-15-17-31(18-16-30)40-28-42-46(51(40)6)47-43(50(42)5)29-41(52(47)7)33-14-12-13-32(23-33)39-25-35-20-22-37(54(10-3)11-4)27-45(35)58-49(39)56/h12-29H,8-11H2,1-7H3. The lowest BCUT2D eigenvalue weighted by atomic mass is 10.0. The van der Waals surface area contributed by atoms with Crippen molar-refractivity contribution in [3.05, 3.63) is 130 Å². The molecule has 9 rings (SSSR count). The summed E-state index contributed by atoms with van der Waals surface area (Å²) in [6.07, 6.45) is 0. The summed E-state index contributed by atoms with van der Waals surface area (Å²) in [6.45, 7) is 12.0. The van der Waals surface area contributed by atoms with E-state index in [1.54, 1.807) is 0 Å². The van der Waals surface area contributed by atoms with Crippen LogP contribution in [0.3, 0.4) is 0 Å². The molecular weight excluding hydrogens is 723 g/mol. The molecule has 0 fully saturated rings. The second-order valence-electron chi connectivity index (χ2n) is 15.0. The zero-order chi connectivity index (χ0) is 40.4. The Balaban J connectivity index is 1.04. The van der Waals surface area contributed by atoms with Crippen LogP contribution in [0.2, 0.25) is 0 Å². The van der Waals surface area contributed by atoms with Crippen molar-refractivity contribution >= 4 is 55.4 Å². The van der Waals surface area contributed by atoms with Gasteiger partial charge >= 0.3 is 11.3 Å². The second kappa shape index (κ2) is 14.3. The van der Waals surface area contributed by atoms with E-state index in [0.717, 1.165) is 104 Å². The summed E-state index contributed by atoms with van der Waals surface area (Å²) in [5, 5.41) is 1.78. The molecule has 0 unspecified atom stereocenters. The molecule has 0 aliphatic rings. The van der Waals surface area contributed by atoms with Crippen LogP contribution in [0.25, 0.3) is 88.8 Å². The van der Waals surface area contributed by atoms with Gasteiger partial charge in [0.15, 0.2) is 0 Å². The van der Waals surface area contributed by atoms with Gasteiger partial charge in [-0.2, -0.15) is 0 Å². The Labute approximate surface area is 336 Å². The summed E-state index contributed by atoms with van der Waals surface area (Å²) in [7, 11) is 6.31. The van der Waals surface area contributed by atoms with Crippen molar-refractivity contribution in [1.29, 1.82) is 0 Å². The van der Waals surface area contributed by atoms with Gasteiger partial charge in [-0.15, -0.1) is 0 Å². The van der Waals surface area contributed by atoms with Crippen LogP contribution >= 0.6 is 0 Å². The molecule has 0 aliphatic heterocycles. The minimum atomic E-state index is -0.352. The molecule has 0 amide bonds. The van der Waals surface area contributed by atoms with Crippen molar-refractivity contribution in [2.24, 2.45) is 21.1 Å². The van der Waals surface area contributed by atoms with E-state index in [1.165, 1.54) is 0 Å². The van der Waals surface area contributed by atoms with Crippen LogP contribution in [-0.2, 0) is 21.1 Å². The monoisotopic (exact) mass is 769 g/mol. The minimum absolute atomic E-state index is 0.348. The van der Waals surface area contributed by atoms with Gasteiger partial charge in [0.25, 0.3) is 0 Å². The molecule has 0 aliphatic carbocycles. The van der Waals surface area contributed by atoms with Crippen LogP contribution in [0.4, 0.5) is 11.4 Å². The summed E-state index contributed by atoms with van der Waals surface area (Å²) >= 11 is 0. The first-order valence-electron chi connectivity index (χ1n) is 20.1. The smallest absolute Gasteiger partial charge is 0.344 e. The Morgan fingerprint density at radius 3 is 1.41 bits per heavy atom. The van der Waals surface area contributed by atoms with Crippen LogP contribution < -0.4 is 21.1 Å². The Kier molecular flexibility index (Phi) is 9.11. The Hall–Kier alpha value is -6.74. The highest BCUT2D eigenvalue weighted by Gasteiger charge is 2.22.